The quantitative estimate of drug-likeness (QED) is 0.801. The van der Waals surface area contributed by atoms with Crippen molar-refractivity contribution in [3.63, 3.8) is 0 Å². The van der Waals surface area contributed by atoms with Crippen molar-refractivity contribution in [3.05, 3.63) is 48.0 Å². The number of benzene rings is 1. The molecule has 1 fully saturated rings. The van der Waals surface area contributed by atoms with Crippen molar-refractivity contribution >= 4 is 15.9 Å². The Morgan fingerprint density at radius 2 is 1.96 bits per heavy atom. The number of nitrogens with one attached hydrogen (secondary N) is 1. The summed E-state index contributed by atoms with van der Waals surface area (Å²) in [5, 5.41) is 6.93. The maximum Gasteiger partial charge on any atom is 0.238 e. The standard InChI is InChI=1S/C17H23N5O3S/c1-26(24,25)22-9-3-2-4-16(22)17(23)19-10-14-5-7-15(8-6-14)11-21-13-18-12-20-21/h5-8,12-13,16H,2-4,9-11H2,1H3,(H,19,23). The van der Waals surface area contributed by atoms with Crippen molar-refractivity contribution in [3.8, 4) is 0 Å². The van der Waals surface area contributed by atoms with Crippen molar-refractivity contribution in [2.75, 3.05) is 12.8 Å². The lowest BCUT2D eigenvalue weighted by Crippen LogP contribution is -2.51. The predicted octanol–water partition coefficient (Wildman–Crippen LogP) is 0.757. The Hall–Kier alpha value is -2.26. The van der Waals surface area contributed by atoms with Gasteiger partial charge in [-0.05, 0) is 24.0 Å². The van der Waals surface area contributed by atoms with Gasteiger partial charge in [0.25, 0.3) is 0 Å². The number of piperidine rings is 1. The van der Waals surface area contributed by atoms with E-state index in [1.807, 2.05) is 24.3 Å². The van der Waals surface area contributed by atoms with E-state index in [0.717, 1.165) is 30.2 Å². The minimum absolute atomic E-state index is 0.234. The van der Waals surface area contributed by atoms with Gasteiger partial charge in [-0.1, -0.05) is 30.7 Å². The zero-order valence-electron chi connectivity index (χ0n) is 14.7. The van der Waals surface area contributed by atoms with E-state index in [-0.39, 0.29) is 5.91 Å². The minimum atomic E-state index is -3.37. The molecule has 1 unspecified atom stereocenters. The number of nitrogens with zero attached hydrogens (tertiary/aromatic N) is 4. The highest BCUT2D eigenvalue weighted by Crippen LogP contribution is 2.20. The van der Waals surface area contributed by atoms with E-state index in [1.165, 1.54) is 10.6 Å². The molecule has 140 valence electrons. The molecule has 8 nitrogen and oxygen atoms in total. The lowest BCUT2D eigenvalue weighted by molar-refractivity contribution is -0.125. The molecule has 1 N–H and O–H groups in total. The lowest BCUT2D eigenvalue weighted by Gasteiger charge is -2.32. The molecule has 0 spiro atoms. The first-order valence-corrected chi connectivity index (χ1v) is 10.4. The van der Waals surface area contributed by atoms with Gasteiger partial charge in [0, 0.05) is 13.1 Å². The molecule has 0 aliphatic carbocycles. The molecule has 1 amide bonds. The highest BCUT2D eigenvalue weighted by Gasteiger charge is 2.34. The summed E-state index contributed by atoms with van der Waals surface area (Å²) >= 11 is 0. The van der Waals surface area contributed by atoms with Crippen LogP contribution in [0.25, 0.3) is 0 Å². The first-order chi connectivity index (χ1) is 12.4. The Kier molecular flexibility index (Phi) is 5.67. The maximum absolute atomic E-state index is 12.5. The van der Waals surface area contributed by atoms with E-state index in [1.54, 1.807) is 11.0 Å². The fraction of sp³-hybridized carbons (Fsp3) is 0.471. The maximum atomic E-state index is 12.5. The molecule has 0 bridgehead atoms. The van der Waals surface area contributed by atoms with Crippen molar-refractivity contribution in [2.45, 2.75) is 38.4 Å². The molecule has 1 saturated heterocycles. The zero-order valence-corrected chi connectivity index (χ0v) is 15.5. The highest BCUT2D eigenvalue weighted by molar-refractivity contribution is 7.88. The Bertz CT molecular complexity index is 834. The molecule has 0 saturated carbocycles. The minimum Gasteiger partial charge on any atom is -0.351 e. The van der Waals surface area contributed by atoms with Crippen LogP contribution in [-0.2, 0) is 27.9 Å². The van der Waals surface area contributed by atoms with E-state index < -0.39 is 16.1 Å². The third-order valence-electron chi connectivity index (χ3n) is 4.48. The summed E-state index contributed by atoms with van der Waals surface area (Å²) in [5.41, 5.74) is 2.04. The molecule has 26 heavy (non-hydrogen) atoms. The number of carbonyl (C=O) groups excluding carboxylic acids is 1. The number of hydrogen-bond acceptors (Lipinski definition) is 5. The van der Waals surface area contributed by atoms with Crippen LogP contribution >= 0.6 is 0 Å². The van der Waals surface area contributed by atoms with Gasteiger partial charge in [-0.15, -0.1) is 0 Å². The lowest BCUT2D eigenvalue weighted by atomic mass is 10.0. The van der Waals surface area contributed by atoms with Crippen LogP contribution in [-0.4, -0.2) is 52.2 Å². The van der Waals surface area contributed by atoms with Crippen LogP contribution < -0.4 is 5.32 Å². The van der Waals surface area contributed by atoms with Gasteiger partial charge in [0.1, 0.15) is 18.7 Å². The zero-order chi connectivity index (χ0) is 18.6. The first kappa shape index (κ1) is 18.5. The molecule has 3 rings (SSSR count). The van der Waals surface area contributed by atoms with Gasteiger partial charge < -0.3 is 5.32 Å². The van der Waals surface area contributed by atoms with Crippen LogP contribution in [0.1, 0.15) is 30.4 Å². The Labute approximate surface area is 153 Å². The van der Waals surface area contributed by atoms with Gasteiger partial charge in [0.2, 0.25) is 15.9 Å². The van der Waals surface area contributed by atoms with Crippen LogP contribution in [0.5, 0.6) is 0 Å². The van der Waals surface area contributed by atoms with Crippen LogP contribution in [0, 0.1) is 0 Å². The molecule has 1 aliphatic heterocycles. The Morgan fingerprint density at radius 3 is 2.62 bits per heavy atom. The summed E-state index contributed by atoms with van der Waals surface area (Å²) in [6.45, 7) is 1.42. The van der Waals surface area contributed by atoms with Crippen molar-refractivity contribution in [1.82, 2.24) is 24.4 Å². The Balaban J connectivity index is 1.57. The highest BCUT2D eigenvalue weighted by atomic mass is 32.2. The fourth-order valence-electron chi connectivity index (χ4n) is 3.13. The summed E-state index contributed by atoms with van der Waals surface area (Å²) in [7, 11) is -3.37. The van der Waals surface area contributed by atoms with Crippen molar-refractivity contribution in [1.29, 1.82) is 0 Å². The Morgan fingerprint density at radius 1 is 1.23 bits per heavy atom. The largest absolute Gasteiger partial charge is 0.351 e. The first-order valence-electron chi connectivity index (χ1n) is 8.58. The molecule has 1 atom stereocenters. The monoisotopic (exact) mass is 377 g/mol. The fourth-order valence-corrected chi connectivity index (χ4v) is 4.26. The van der Waals surface area contributed by atoms with Crippen LogP contribution in [0.15, 0.2) is 36.9 Å². The summed E-state index contributed by atoms with van der Waals surface area (Å²) in [4.78, 5) is 16.4. The number of sulfonamides is 1. The normalized spacial score (nSPS) is 18.6. The second kappa shape index (κ2) is 7.96. The van der Waals surface area contributed by atoms with Gasteiger partial charge in [-0.3, -0.25) is 4.79 Å². The van der Waals surface area contributed by atoms with Gasteiger partial charge in [-0.25, -0.2) is 18.1 Å². The number of aromatic nitrogens is 3. The number of carbonyl (C=O) groups is 1. The van der Waals surface area contributed by atoms with Gasteiger partial charge in [-0.2, -0.15) is 9.40 Å². The summed E-state index contributed by atoms with van der Waals surface area (Å²) in [5.74, 6) is -0.234. The van der Waals surface area contributed by atoms with Gasteiger partial charge in [0.15, 0.2) is 0 Å². The molecular weight excluding hydrogens is 354 g/mol. The molecular formula is C17H23N5O3S. The SMILES string of the molecule is CS(=O)(=O)N1CCCCC1C(=O)NCc1ccc(Cn2cncn2)cc1. The number of hydrogen-bond donors (Lipinski definition) is 1. The summed E-state index contributed by atoms with van der Waals surface area (Å²) < 4.78 is 26.8. The molecule has 2 heterocycles. The number of amides is 1. The van der Waals surface area contributed by atoms with E-state index in [2.05, 4.69) is 15.4 Å². The van der Waals surface area contributed by atoms with E-state index >= 15 is 0 Å². The van der Waals surface area contributed by atoms with Gasteiger partial charge >= 0.3 is 0 Å². The van der Waals surface area contributed by atoms with Crippen LogP contribution in [0.4, 0.5) is 0 Å². The molecule has 1 aromatic heterocycles. The molecule has 1 aliphatic rings. The van der Waals surface area contributed by atoms with Crippen molar-refractivity contribution in [2.24, 2.45) is 0 Å². The van der Waals surface area contributed by atoms with Crippen molar-refractivity contribution < 1.29 is 13.2 Å². The van der Waals surface area contributed by atoms with E-state index in [9.17, 15) is 13.2 Å². The third-order valence-corrected chi connectivity index (χ3v) is 5.77. The smallest absolute Gasteiger partial charge is 0.238 e. The average Bonchev–Trinajstić information content (AvgIpc) is 3.13. The average molecular weight is 377 g/mol. The van der Waals surface area contributed by atoms with Crippen LogP contribution in [0.2, 0.25) is 0 Å². The summed E-state index contributed by atoms with van der Waals surface area (Å²) in [6, 6.07) is 7.24. The molecule has 1 aromatic carbocycles. The molecule has 0 radical (unpaired) electrons. The summed E-state index contributed by atoms with van der Waals surface area (Å²) in [6.07, 6.45) is 6.54. The predicted molar refractivity (Wildman–Crippen MR) is 96.6 cm³/mol. The van der Waals surface area contributed by atoms with E-state index in [4.69, 9.17) is 0 Å². The molecule has 2 aromatic rings. The molecule has 9 heteroatoms. The second-order valence-electron chi connectivity index (χ2n) is 6.51. The number of rotatable bonds is 6. The topological polar surface area (TPSA) is 97.2 Å². The van der Waals surface area contributed by atoms with E-state index in [0.29, 0.717) is 26.1 Å². The van der Waals surface area contributed by atoms with Gasteiger partial charge in [0.05, 0.1) is 12.8 Å². The van der Waals surface area contributed by atoms with Crippen LogP contribution in [0.3, 0.4) is 0 Å². The third kappa shape index (κ3) is 4.67. The second-order valence-corrected chi connectivity index (χ2v) is 8.45.